The molecule has 2 aromatic carbocycles. The fourth-order valence-corrected chi connectivity index (χ4v) is 4.01. The zero-order chi connectivity index (χ0) is 20.2. The monoisotopic (exact) mass is 410 g/mol. The van der Waals surface area contributed by atoms with Gasteiger partial charge < -0.3 is 10.5 Å². The van der Waals surface area contributed by atoms with Crippen LogP contribution in [0, 0.1) is 0 Å². The number of anilines is 1. The van der Waals surface area contributed by atoms with Gasteiger partial charge in [-0.2, -0.15) is 0 Å². The van der Waals surface area contributed by atoms with Gasteiger partial charge in [-0.25, -0.2) is 13.2 Å². The van der Waals surface area contributed by atoms with Gasteiger partial charge in [0.1, 0.15) is 0 Å². The summed E-state index contributed by atoms with van der Waals surface area (Å²) in [7, 11) is -3.95. The van der Waals surface area contributed by atoms with Crippen molar-refractivity contribution >= 4 is 39.2 Å². The third-order valence-corrected chi connectivity index (χ3v) is 5.99. The smallest absolute Gasteiger partial charge is 0.340 e. The molecule has 0 bridgehead atoms. The lowest BCUT2D eigenvalue weighted by molar-refractivity contribution is -0.125. The van der Waals surface area contributed by atoms with Crippen LogP contribution in [0.4, 0.5) is 5.69 Å². The number of hydrogen-bond donors (Lipinski definition) is 1. The van der Waals surface area contributed by atoms with Crippen LogP contribution in [0.15, 0.2) is 53.4 Å². The number of amides is 1. The molecule has 1 atom stereocenters. The molecule has 1 unspecified atom stereocenters. The van der Waals surface area contributed by atoms with E-state index in [0.29, 0.717) is 5.69 Å². The van der Waals surface area contributed by atoms with Crippen molar-refractivity contribution in [3.05, 3.63) is 59.1 Å². The molecule has 0 aliphatic heterocycles. The molecule has 1 amide bonds. The van der Waals surface area contributed by atoms with Crippen LogP contribution in [-0.4, -0.2) is 32.9 Å². The second-order valence-electron chi connectivity index (χ2n) is 5.60. The van der Waals surface area contributed by atoms with E-state index >= 15 is 0 Å². The van der Waals surface area contributed by atoms with Gasteiger partial charge in [0.25, 0.3) is 15.9 Å². The van der Waals surface area contributed by atoms with E-state index in [9.17, 15) is 18.0 Å². The molecule has 2 rings (SSSR count). The van der Waals surface area contributed by atoms with Crippen LogP contribution in [0.1, 0.15) is 24.2 Å². The second-order valence-corrected chi connectivity index (χ2v) is 7.87. The summed E-state index contributed by atoms with van der Waals surface area (Å²) in [4.78, 5) is 23.2. The molecule has 0 aliphatic carbocycles. The number of esters is 1. The summed E-state index contributed by atoms with van der Waals surface area (Å²) in [5.74, 6) is -1.77. The Hall–Kier alpha value is -2.58. The van der Waals surface area contributed by atoms with Crippen LogP contribution >= 0.6 is 11.6 Å². The summed E-state index contributed by atoms with van der Waals surface area (Å²) in [5, 5.41) is -0.00150. The van der Waals surface area contributed by atoms with Crippen molar-refractivity contribution in [2.75, 3.05) is 10.8 Å². The van der Waals surface area contributed by atoms with Gasteiger partial charge in [-0.1, -0.05) is 29.8 Å². The number of para-hydroxylation sites is 1. The lowest BCUT2D eigenvalue weighted by Gasteiger charge is -2.23. The van der Waals surface area contributed by atoms with Crippen LogP contribution in [0.3, 0.4) is 0 Å². The third-order valence-electron chi connectivity index (χ3n) is 3.76. The highest BCUT2D eigenvalue weighted by atomic mass is 35.5. The van der Waals surface area contributed by atoms with Gasteiger partial charge in [-0.05, 0) is 44.2 Å². The van der Waals surface area contributed by atoms with E-state index in [0.717, 1.165) is 6.07 Å². The lowest BCUT2D eigenvalue weighted by atomic mass is 10.2. The molecular formula is C18H19ClN2O5S. The molecule has 0 saturated heterocycles. The summed E-state index contributed by atoms with van der Waals surface area (Å²) in [6.07, 6.45) is -1.18. The van der Waals surface area contributed by atoms with Crippen LogP contribution in [0.25, 0.3) is 0 Å². The zero-order valence-electron chi connectivity index (χ0n) is 14.8. The van der Waals surface area contributed by atoms with Gasteiger partial charge in [-0.15, -0.1) is 0 Å². The van der Waals surface area contributed by atoms with Crippen molar-refractivity contribution in [1.82, 2.24) is 0 Å². The molecule has 0 spiro atoms. The number of halogens is 1. The molecule has 0 aromatic heterocycles. The Morgan fingerprint density at radius 2 is 1.81 bits per heavy atom. The molecule has 0 heterocycles. The van der Waals surface area contributed by atoms with Crippen molar-refractivity contribution in [3.63, 3.8) is 0 Å². The molecule has 9 heteroatoms. The Labute approximate surface area is 162 Å². The summed E-state index contributed by atoms with van der Waals surface area (Å²) in [6.45, 7) is 3.20. The van der Waals surface area contributed by atoms with Gasteiger partial charge in [0.2, 0.25) is 0 Å². The van der Waals surface area contributed by atoms with Crippen LogP contribution in [0.2, 0.25) is 5.02 Å². The van der Waals surface area contributed by atoms with Gasteiger partial charge in [0, 0.05) is 6.54 Å². The number of carbonyl (C=O) groups excluding carboxylic acids is 2. The summed E-state index contributed by atoms with van der Waals surface area (Å²) in [6, 6.07) is 12.3. The predicted octanol–water partition coefficient (Wildman–Crippen LogP) is 2.59. The van der Waals surface area contributed by atoms with Crippen LogP contribution in [-0.2, 0) is 19.6 Å². The van der Waals surface area contributed by atoms with E-state index in [4.69, 9.17) is 22.1 Å². The molecule has 27 heavy (non-hydrogen) atoms. The number of carbonyl (C=O) groups is 2. The number of nitrogens with two attached hydrogens (primary N) is 1. The van der Waals surface area contributed by atoms with Gasteiger partial charge in [0.15, 0.2) is 6.10 Å². The summed E-state index contributed by atoms with van der Waals surface area (Å²) in [5.41, 5.74) is 5.39. The SMILES string of the molecule is CCN(c1ccccc1)S(=O)(=O)c1ccc(Cl)c(C(=O)OC(C)C(N)=O)c1. The summed E-state index contributed by atoms with van der Waals surface area (Å²) < 4.78 is 32.2. The Kier molecular flexibility index (Phi) is 6.45. The first-order valence-corrected chi connectivity index (χ1v) is 9.88. The van der Waals surface area contributed by atoms with Gasteiger partial charge >= 0.3 is 5.97 Å². The molecule has 144 valence electrons. The second kappa shape index (κ2) is 8.41. The average molecular weight is 411 g/mol. The Bertz CT molecular complexity index is 947. The number of rotatable bonds is 7. The van der Waals surface area contributed by atoms with Crippen LogP contribution in [0.5, 0.6) is 0 Å². The first-order valence-electron chi connectivity index (χ1n) is 8.06. The van der Waals surface area contributed by atoms with Crippen molar-refractivity contribution in [3.8, 4) is 0 Å². The van der Waals surface area contributed by atoms with Gasteiger partial charge in [0.05, 0.1) is 21.2 Å². The first-order chi connectivity index (χ1) is 12.7. The fourth-order valence-electron chi connectivity index (χ4n) is 2.32. The molecule has 0 fully saturated rings. The Morgan fingerprint density at radius 1 is 1.19 bits per heavy atom. The van der Waals surface area contributed by atoms with E-state index < -0.39 is 28.0 Å². The fraction of sp³-hybridized carbons (Fsp3) is 0.222. The molecule has 7 nitrogen and oxygen atoms in total. The molecule has 0 saturated carbocycles. The minimum Gasteiger partial charge on any atom is -0.449 e. The summed E-state index contributed by atoms with van der Waals surface area (Å²) >= 11 is 6.01. The highest BCUT2D eigenvalue weighted by Gasteiger charge is 2.26. The number of primary amides is 1. The number of hydrogen-bond acceptors (Lipinski definition) is 5. The van der Waals surface area contributed by atoms with Gasteiger partial charge in [-0.3, -0.25) is 9.10 Å². The lowest BCUT2D eigenvalue weighted by Crippen LogP contribution is -2.31. The Morgan fingerprint density at radius 3 is 2.37 bits per heavy atom. The van der Waals surface area contributed by atoms with Crippen molar-refractivity contribution in [2.45, 2.75) is 24.8 Å². The third kappa shape index (κ3) is 4.58. The maximum absolute atomic E-state index is 13.0. The normalized spacial score (nSPS) is 12.3. The zero-order valence-corrected chi connectivity index (χ0v) is 16.3. The highest BCUT2D eigenvalue weighted by molar-refractivity contribution is 7.92. The molecule has 0 aliphatic rings. The largest absolute Gasteiger partial charge is 0.449 e. The van der Waals surface area contributed by atoms with E-state index in [1.165, 1.54) is 23.4 Å². The minimum absolute atomic E-state index is 0.00150. The van der Waals surface area contributed by atoms with E-state index in [-0.39, 0.29) is 22.0 Å². The van der Waals surface area contributed by atoms with Crippen molar-refractivity contribution < 1.29 is 22.7 Å². The maximum atomic E-state index is 13.0. The quantitative estimate of drug-likeness (QED) is 0.706. The number of ether oxygens (including phenoxy) is 1. The molecule has 2 N–H and O–H groups in total. The topological polar surface area (TPSA) is 107 Å². The number of nitrogens with zero attached hydrogens (tertiary/aromatic N) is 1. The van der Waals surface area contributed by atoms with E-state index in [2.05, 4.69) is 0 Å². The maximum Gasteiger partial charge on any atom is 0.340 e. The molecule has 2 aromatic rings. The first kappa shape index (κ1) is 20.7. The standard InChI is InChI=1S/C18H19ClN2O5S/c1-3-21(13-7-5-4-6-8-13)27(24,25)14-9-10-16(19)15(11-14)18(23)26-12(2)17(20)22/h4-12H,3H2,1-2H3,(H2,20,22). The number of benzene rings is 2. The highest BCUT2D eigenvalue weighted by Crippen LogP contribution is 2.27. The average Bonchev–Trinajstić information content (AvgIpc) is 2.62. The molecular weight excluding hydrogens is 392 g/mol. The molecule has 0 radical (unpaired) electrons. The number of sulfonamides is 1. The van der Waals surface area contributed by atoms with Crippen molar-refractivity contribution in [2.24, 2.45) is 5.73 Å². The minimum atomic E-state index is -3.95. The van der Waals surface area contributed by atoms with Crippen LogP contribution < -0.4 is 10.0 Å². The predicted molar refractivity (Wildman–Crippen MR) is 102 cm³/mol. The van der Waals surface area contributed by atoms with E-state index in [1.807, 2.05) is 0 Å². The Balaban J connectivity index is 2.44. The van der Waals surface area contributed by atoms with Crippen molar-refractivity contribution in [1.29, 1.82) is 0 Å². The van der Waals surface area contributed by atoms with E-state index in [1.54, 1.807) is 37.3 Å².